The largest absolute Gasteiger partial charge is 0.494 e. The molecule has 0 unspecified atom stereocenters. The molecule has 3 rings (SSSR count). The molecule has 28 heavy (non-hydrogen) atoms. The molecule has 0 radical (unpaired) electrons. The zero-order valence-corrected chi connectivity index (χ0v) is 15.5. The fourth-order valence-corrected chi connectivity index (χ4v) is 3.23. The molecule has 0 saturated carbocycles. The van der Waals surface area contributed by atoms with Crippen molar-refractivity contribution in [3.8, 4) is 28.4 Å². The van der Waals surface area contributed by atoms with Gasteiger partial charge in [-0.05, 0) is 42.5 Å². The summed E-state index contributed by atoms with van der Waals surface area (Å²) in [5, 5.41) is 0. The number of hydrogen-bond acceptors (Lipinski definition) is 4. The summed E-state index contributed by atoms with van der Waals surface area (Å²) in [7, 11) is -2.20. The van der Waals surface area contributed by atoms with E-state index in [-0.39, 0.29) is 27.6 Å². The summed E-state index contributed by atoms with van der Waals surface area (Å²) in [6.45, 7) is 0. The number of hydrogen-bond donors (Lipinski definition) is 1. The maximum Gasteiger partial charge on any atom is 0.433 e. The summed E-state index contributed by atoms with van der Waals surface area (Å²) in [5.41, 5.74) is -1.45. The van der Waals surface area contributed by atoms with Crippen LogP contribution in [0.2, 0.25) is 0 Å². The van der Waals surface area contributed by atoms with E-state index in [1.54, 1.807) is 0 Å². The van der Waals surface area contributed by atoms with Crippen molar-refractivity contribution in [1.82, 2.24) is 9.97 Å². The molecule has 0 aliphatic carbocycles. The lowest BCUT2D eigenvalue weighted by molar-refractivity contribution is -0.140. The van der Waals surface area contributed by atoms with Crippen molar-refractivity contribution in [3.63, 3.8) is 0 Å². The number of rotatable bonds is 4. The Kier molecular flexibility index (Phi) is 4.92. The van der Waals surface area contributed by atoms with Crippen LogP contribution in [0.5, 0.6) is 5.75 Å². The molecular weight excluding hydrogens is 400 g/mol. The summed E-state index contributed by atoms with van der Waals surface area (Å²) in [5.74, 6) is -1.06. The normalized spacial score (nSPS) is 12.2. The van der Waals surface area contributed by atoms with Crippen LogP contribution in [0, 0.1) is 5.82 Å². The first kappa shape index (κ1) is 19.9. The summed E-state index contributed by atoms with van der Waals surface area (Å²) >= 11 is 0. The van der Waals surface area contributed by atoms with E-state index < -0.39 is 33.2 Å². The van der Waals surface area contributed by atoms with Gasteiger partial charge in [0.05, 0.1) is 12.0 Å². The van der Waals surface area contributed by atoms with E-state index in [4.69, 9.17) is 4.74 Å². The van der Waals surface area contributed by atoms with Crippen LogP contribution < -0.4 is 4.74 Å². The van der Waals surface area contributed by atoms with Crippen LogP contribution >= 0.6 is 0 Å². The first-order chi connectivity index (χ1) is 13.0. The van der Waals surface area contributed by atoms with Gasteiger partial charge in [-0.1, -0.05) is 0 Å². The Balaban J connectivity index is 2.12. The summed E-state index contributed by atoms with van der Waals surface area (Å²) in [4.78, 5) is 6.20. The van der Waals surface area contributed by atoms with Gasteiger partial charge in [-0.3, -0.25) is 0 Å². The van der Waals surface area contributed by atoms with Crippen molar-refractivity contribution >= 4 is 9.84 Å². The first-order valence-corrected chi connectivity index (χ1v) is 9.71. The number of alkyl halides is 3. The Labute approximate surface area is 157 Å². The summed E-state index contributed by atoms with van der Waals surface area (Å²) in [6.07, 6.45) is -3.74. The third kappa shape index (κ3) is 3.86. The number of nitrogens with one attached hydrogen (secondary N) is 1. The minimum absolute atomic E-state index is 0.0244. The Morgan fingerprint density at radius 1 is 1.04 bits per heavy atom. The minimum Gasteiger partial charge on any atom is -0.494 e. The quantitative estimate of drug-likeness (QED) is 0.646. The zero-order chi connectivity index (χ0) is 20.7. The van der Waals surface area contributed by atoms with Crippen molar-refractivity contribution in [3.05, 3.63) is 54.0 Å². The molecule has 1 N–H and O–H groups in total. The van der Waals surface area contributed by atoms with Gasteiger partial charge in [0.1, 0.15) is 17.2 Å². The van der Waals surface area contributed by atoms with Gasteiger partial charge in [0.15, 0.2) is 21.4 Å². The molecule has 0 aliphatic rings. The fourth-order valence-electron chi connectivity index (χ4n) is 2.60. The van der Waals surface area contributed by atoms with Crippen molar-refractivity contribution in [2.24, 2.45) is 0 Å². The minimum atomic E-state index is -4.76. The topological polar surface area (TPSA) is 72.0 Å². The second kappa shape index (κ2) is 6.93. The number of aromatic nitrogens is 2. The molecule has 0 amide bonds. The van der Waals surface area contributed by atoms with Crippen molar-refractivity contribution in [2.75, 3.05) is 13.4 Å². The molecule has 0 bridgehead atoms. The molecule has 0 saturated heterocycles. The van der Waals surface area contributed by atoms with Crippen LogP contribution in [-0.4, -0.2) is 31.8 Å². The Morgan fingerprint density at radius 2 is 1.64 bits per heavy atom. The van der Waals surface area contributed by atoms with Crippen molar-refractivity contribution in [1.29, 1.82) is 0 Å². The number of H-pyrrole nitrogens is 1. The Morgan fingerprint density at radius 3 is 2.14 bits per heavy atom. The smallest absolute Gasteiger partial charge is 0.433 e. The number of ether oxygens (including phenoxy) is 1. The Bertz CT molecular complexity index is 1120. The molecule has 1 aromatic heterocycles. The van der Waals surface area contributed by atoms with Gasteiger partial charge >= 0.3 is 6.18 Å². The lowest BCUT2D eigenvalue weighted by Crippen LogP contribution is -2.07. The highest BCUT2D eigenvalue weighted by Crippen LogP contribution is 2.38. The van der Waals surface area contributed by atoms with Gasteiger partial charge < -0.3 is 9.72 Å². The van der Waals surface area contributed by atoms with Gasteiger partial charge in [-0.2, -0.15) is 13.2 Å². The number of nitrogens with zero attached hydrogens (tertiary/aromatic N) is 1. The van der Waals surface area contributed by atoms with Gasteiger partial charge in [0.25, 0.3) is 0 Å². The summed E-state index contributed by atoms with van der Waals surface area (Å²) in [6, 6.07) is 8.60. The molecular formula is C18H14F4N2O3S. The second-order valence-corrected chi connectivity index (χ2v) is 7.97. The average molecular weight is 414 g/mol. The third-order valence-electron chi connectivity index (χ3n) is 3.97. The number of halogens is 4. The van der Waals surface area contributed by atoms with E-state index in [1.165, 1.54) is 43.5 Å². The van der Waals surface area contributed by atoms with Crippen LogP contribution in [0.4, 0.5) is 17.6 Å². The van der Waals surface area contributed by atoms with Gasteiger partial charge in [-0.25, -0.2) is 17.8 Å². The summed E-state index contributed by atoms with van der Waals surface area (Å²) < 4.78 is 82.1. The van der Waals surface area contributed by atoms with Crippen molar-refractivity contribution in [2.45, 2.75) is 11.1 Å². The van der Waals surface area contributed by atoms with Crippen LogP contribution in [-0.2, 0) is 16.0 Å². The van der Waals surface area contributed by atoms with Crippen LogP contribution in [0.15, 0.2) is 47.4 Å². The standard InChI is InChI=1S/C18H14F4N2O3S/c1-27-14-8-5-11(9-13(14)19)15-16(18(20,21)22)24-17(23-15)10-3-6-12(7-4-10)28(2,25)26/h3-9H,1-2H3,(H,23,24). The van der Waals surface area contributed by atoms with E-state index in [9.17, 15) is 26.0 Å². The van der Waals surface area contributed by atoms with E-state index in [2.05, 4.69) is 9.97 Å². The lowest BCUT2D eigenvalue weighted by Gasteiger charge is -2.08. The second-order valence-electron chi connectivity index (χ2n) is 5.95. The third-order valence-corrected chi connectivity index (χ3v) is 5.10. The highest BCUT2D eigenvalue weighted by molar-refractivity contribution is 7.90. The lowest BCUT2D eigenvalue weighted by atomic mass is 10.1. The van der Waals surface area contributed by atoms with E-state index in [0.717, 1.165) is 12.3 Å². The van der Waals surface area contributed by atoms with Crippen LogP contribution in [0.1, 0.15) is 5.69 Å². The maximum absolute atomic E-state index is 13.9. The van der Waals surface area contributed by atoms with Gasteiger partial charge in [0, 0.05) is 17.4 Å². The predicted molar refractivity (Wildman–Crippen MR) is 94.1 cm³/mol. The number of sulfone groups is 1. The molecule has 0 atom stereocenters. The SMILES string of the molecule is COc1ccc(-c2nc(-c3ccc(S(C)(=O)=O)cc3)[nH]c2C(F)(F)F)cc1F. The van der Waals surface area contributed by atoms with Gasteiger partial charge in [0.2, 0.25) is 0 Å². The maximum atomic E-state index is 13.9. The van der Waals surface area contributed by atoms with Gasteiger partial charge in [-0.15, -0.1) is 0 Å². The predicted octanol–water partition coefficient (Wildman–Crippen LogP) is 4.31. The fraction of sp³-hybridized carbons (Fsp3) is 0.167. The molecule has 0 fully saturated rings. The highest BCUT2D eigenvalue weighted by Gasteiger charge is 2.37. The van der Waals surface area contributed by atoms with Crippen LogP contribution in [0.25, 0.3) is 22.6 Å². The molecule has 0 aliphatic heterocycles. The number of benzene rings is 2. The number of aromatic amines is 1. The molecule has 148 valence electrons. The van der Waals surface area contributed by atoms with Crippen molar-refractivity contribution < 1.29 is 30.7 Å². The number of imidazole rings is 1. The first-order valence-electron chi connectivity index (χ1n) is 7.82. The number of methoxy groups -OCH3 is 1. The highest BCUT2D eigenvalue weighted by atomic mass is 32.2. The van der Waals surface area contributed by atoms with E-state index >= 15 is 0 Å². The Hall–Kier alpha value is -2.88. The molecule has 5 nitrogen and oxygen atoms in total. The molecule has 2 aromatic carbocycles. The molecule has 3 aromatic rings. The average Bonchev–Trinajstić information content (AvgIpc) is 3.07. The monoisotopic (exact) mass is 414 g/mol. The molecule has 0 spiro atoms. The van der Waals surface area contributed by atoms with Crippen LogP contribution in [0.3, 0.4) is 0 Å². The molecule has 10 heteroatoms. The van der Waals surface area contributed by atoms with E-state index in [0.29, 0.717) is 0 Å². The zero-order valence-electron chi connectivity index (χ0n) is 14.6. The molecule has 1 heterocycles. The van der Waals surface area contributed by atoms with E-state index in [1.807, 2.05) is 0 Å².